The van der Waals surface area contributed by atoms with E-state index in [0.717, 1.165) is 22.0 Å². The topological polar surface area (TPSA) is 116 Å². The number of nitro benzene ring substituents is 1. The summed E-state index contributed by atoms with van der Waals surface area (Å²) in [5, 5.41) is 20.7. The van der Waals surface area contributed by atoms with E-state index in [2.05, 4.69) is 15.2 Å². The van der Waals surface area contributed by atoms with Crippen LogP contribution in [0.4, 0.5) is 5.69 Å². The zero-order valence-electron chi connectivity index (χ0n) is 13.5. The first-order chi connectivity index (χ1) is 12.6. The minimum atomic E-state index is -0.416. The number of nitro groups is 1. The number of benzene rings is 2. The molecule has 0 saturated heterocycles. The molecule has 0 radical (unpaired) electrons. The fourth-order valence-corrected chi connectivity index (χ4v) is 3.49. The van der Waals surface area contributed by atoms with Crippen LogP contribution in [-0.2, 0) is 5.75 Å². The number of nitrogens with zero attached hydrogens (tertiary/aromatic N) is 4. The van der Waals surface area contributed by atoms with Crippen molar-refractivity contribution in [1.82, 2.24) is 19.9 Å². The van der Waals surface area contributed by atoms with Gasteiger partial charge in [0.2, 0.25) is 5.16 Å². The Balaban J connectivity index is 1.55. The molecule has 0 aliphatic rings. The average molecular weight is 366 g/mol. The number of fused-ring (bicyclic) bond motifs is 1. The standard InChI is InChI=1S/C17H14N6O2S/c18-22-16(14-9-19-15-4-2-1-3-13(14)15)20-21-17(22)26-10-11-5-7-12(8-6-11)23(24)25/h1-9,19H,10,18H2. The van der Waals surface area contributed by atoms with E-state index in [1.54, 1.807) is 12.1 Å². The summed E-state index contributed by atoms with van der Waals surface area (Å²) in [6, 6.07) is 14.3. The van der Waals surface area contributed by atoms with E-state index in [9.17, 15) is 10.1 Å². The van der Waals surface area contributed by atoms with Gasteiger partial charge in [-0.3, -0.25) is 10.1 Å². The fourth-order valence-electron chi connectivity index (χ4n) is 2.68. The predicted octanol–water partition coefficient (Wildman–Crippen LogP) is 3.34. The molecule has 0 aliphatic heterocycles. The molecule has 0 aliphatic carbocycles. The third-order valence-electron chi connectivity index (χ3n) is 4.01. The summed E-state index contributed by atoms with van der Waals surface area (Å²) in [6.07, 6.45) is 1.86. The second-order valence-corrected chi connectivity index (χ2v) is 6.58. The van der Waals surface area contributed by atoms with Gasteiger partial charge < -0.3 is 10.8 Å². The molecule has 4 rings (SSSR count). The van der Waals surface area contributed by atoms with Crippen LogP contribution >= 0.6 is 11.8 Å². The summed E-state index contributed by atoms with van der Waals surface area (Å²) in [5.74, 6) is 7.34. The number of H-pyrrole nitrogens is 1. The van der Waals surface area contributed by atoms with Crippen LogP contribution in [0.5, 0.6) is 0 Å². The maximum Gasteiger partial charge on any atom is 0.269 e. The van der Waals surface area contributed by atoms with Gasteiger partial charge in [0.25, 0.3) is 5.69 Å². The van der Waals surface area contributed by atoms with Crippen molar-refractivity contribution in [3.8, 4) is 11.4 Å². The quantitative estimate of drug-likeness (QED) is 0.242. The first kappa shape index (κ1) is 16.2. The molecule has 0 saturated carbocycles. The molecule has 0 unspecified atom stereocenters. The molecule has 0 bridgehead atoms. The van der Waals surface area contributed by atoms with Crippen LogP contribution in [0.1, 0.15) is 5.56 Å². The molecule has 130 valence electrons. The summed E-state index contributed by atoms with van der Waals surface area (Å²) < 4.78 is 1.46. The van der Waals surface area contributed by atoms with Crippen LogP contribution in [0, 0.1) is 10.1 Å². The molecule has 8 nitrogen and oxygen atoms in total. The fraction of sp³-hybridized carbons (Fsp3) is 0.0588. The second kappa shape index (κ2) is 6.52. The molecule has 3 N–H and O–H groups in total. The number of nitrogens with one attached hydrogen (secondary N) is 1. The molecular formula is C17H14N6O2S. The highest BCUT2D eigenvalue weighted by Crippen LogP contribution is 2.29. The second-order valence-electron chi connectivity index (χ2n) is 5.64. The highest BCUT2D eigenvalue weighted by Gasteiger charge is 2.16. The van der Waals surface area contributed by atoms with Crippen LogP contribution < -0.4 is 5.84 Å². The minimum Gasteiger partial charge on any atom is -0.360 e. The molecule has 26 heavy (non-hydrogen) atoms. The molecule has 0 atom stereocenters. The van der Waals surface area contributed by atoms with Crippen LogP contribution in [0.25, 0.3) is 22.3 Å². The Morgan fingerprint density at radius 2 is 1.92 bits per heavy atom. The van der Waals surface area contributed by atoms with Crippen LogP contribution in [0.3, 0.4) is 0 Å². The summed E-state index contributed by atoms with van der Waals surface area (Å²) >= 11 is 1.42. The van der Waals surface area contributed by atoms with Gasteiger partial charge in [-0.1, -0.05) is 42.1 Å². The van der Waals surface area contributed by atoms with Gasteiger partial charge >= 0.3 is 0 Å². The van der Waals surface area contributed by atoms with Gasteiger partial charge in [0.05, 0.1) is 4.92 Å². The number of nitrogen functional groups attached to an aromatic ring is 1. The summed E-state index contributed by atoms with van der Waals surface area (Å²) in [7, 11) is 0. The number of nitrogens with two attached hydrogens (primary N) is 1. The van der Waals surface area contributed by atoms with Crippen LogP contribution in [-0.4, -0.2) is 24.8 Å². The van der Waals surface area contributed by atoms with Crippen molar-refractivity contribution in [3.05, 3.63) is 70.4 Å². The molecule has 0 amide bonds. The van der Waals surface area contributed by atoms with E-state index in [4.69, 9.17) is 5.84 Å². The zero-order valence-corrected chi connectivity index (χ0v) is 14.3. The summed E-state index contributed by atoms with van der Waals surface area (Å²) in [4.78, 5) is 13.5. The molecule has 4 aromatic rings. The number of non-ortho nitro benzene ring substituents is 1. The van der Waals surface area contributed by atoms with E-state index < -0.39 is 4.92 Å². The summed E-state index contributed by atoms with van der Waals surface area (Å²) in [6.45, 7) is 0. The number of thioether (sulfide) groups is 1. The third-order valence-corrected chi connectivity index (χ3v) is 5.02. The molecule has 2 heterocycles. The lowest BCUT2D eigenvalue weighted by atomic mass is 10.2. The van der Waals surface area contributed by atoms with Gasteiger partial charge in [-0.15, -0.1) is 10.2 Å². The van der Waals surface area contributed by atoms with E-state index in [0.29, 0.717) is 16.7 Å². The number of rotatable bonds is 5. The van der Waals surface area contributed by atoms with Crippen molar-refractivity contribution < 1.29 is 4.92 Å². The van der Waals surface area contributed by atoms with Gasteiger partial charge in [-0.2, -0.15) is 0 Å². The lowest BCUT2D eigenvalue weighted by molar-refractivity contribution is -0.384. The third kappa shape index (κ3) is 2.88. The molecule has 0 fully saturated rings. The van der Waals surface area contributed by atoms with Gasteiger partial charge in [0.15, 0.2) is 5.82 Å². The van der Waals surface area contributed by atoms with E-state index >= 15 is 0 Å². The average Bonchev–Trinajstić information content (AvgIpc) is 3.23. The normalized spacial score (nSPS) is 11.1. The first-order valence-corrected chi connectivity index (χ1v) is 8.75. The Labute approximate surface area is 152 Å². The van der Waals surface area contributed by atoms with E-state index in [-0.39, 0.29) is 5.69 Å². The Bertz CT molecular complexity index is 1090. The smallest absolute Gasteiger partial charge is 0.269 e. The Hall–Kier alpha value is -3.33. The van der Waals surface area contributed by atoms with E-state index in [1.165, 1.54) is 28.6 Å². The number of aromatic amines is 1. The minimum absolute atomic E-state index is 0.0716. The Morgan fingerprint density at radius 3 is 2.69 bits per heavy atom. The Morgan fingerprint density at radius 1 is 1.15 bits per heavy atom. The van der Waals surface area contributed by atoms with Crippen molar-refractivity contribution >= 4 is 28.4 Å². The number of hydrogen-bond donors (Lipinski definition) is 2. The van der Waals surface area contributed by atoms with Crippen molar-refractivity contribution in [3.63, 3.8) is 0 Å². The highest BCUT2D eigenvalue weighted by atomic mass is 32.2. The van der Waals surface area contributed by atoms with Gasteiger partial charge in [0, 0.05) is 40.5 Å². The molecule has 2 aromatic heterocycles. The van der Waals surface area contributed by atoms with Gasteiger partial charge in [-0.25, -0.2) is 4.68 Å². The SMILES string of the molecule is Nn1c(SCc2ccc([N+](=O)[O-])cc2)nnc1-c1c[nH]c2ccccc12. The number of hydrogen-bond acceptors (Lipinski definition) is 6. The van der Waals surface area contributed by atoms with Gasteiger partial charge in [-0.05, 0) is 11.6 Å². The highest BCUT2D eigenvalue weighted by molar-refractivity contribution is 7.98. The van der Waals surface area contributed by atoms with Crippen LogP contribution in [0.15, 0.2) is 59.9 Å². The maximum atomic E-state index is 10.7. The lowest BCUT2D eigenvalue weighted by Gasteiger charge is -2.03. The van der Waals surface area contributed by atoms with Crippen molar-refractivity contribution in [2.24, 2.45) is 0 Å². The van der Waals surface area contributed by atoms with Crippen LogP contribution in [0.2, 0.25) is 0 Å². The number of para-hydroxylation sites is 1. The predicted molar refractivity (Wildman–Crippen MR) is 100 cm³/mol. The molecule has 0 spiro atoms. The maximum absolute atomic E-state index is 10.7. The monoisotopic (exact) mass is 366 g/mol. The zero-order chi connectivity index (χ0) is 18.1. The van der Waals surface area contributed by atoms with Crippen molar-refractivity contribution in [1.29, 1.82) is 0 Å². The molecule has 2 aromatic carbocycles. The molecule has 9 heteroatoms. The van der Waals surface area contributed by atoms with E-state index in [1.807, 2.05) is 30.5 Å². The summed E-state index contributed by atoms with van der Waals surface area (Å²) in [5.41, 5.74) is 2.91. The van der Waals surface area contributed by atoms with Crippen molar-refractivity contribution in [2.45, 2.75) is 10.9 Å². The first-order valence-electron chi connectivity index (χ1n) is 7.76. The Kier molecular flexibility index (Phi) is 4.05. The van der Waals surface area contributed by atoms with Gasteiger partial charge in [0.1, 0.15) is 0 Å². The molecular weight excluding hydrogens is 352 g/mol. The number of aromatic nitrogens is 4. The largest absolute Gasteiger partial charge is 0.360 e. The lowest BCUT2D eigenvalue weighted by Crippen LogP contribution is -2.11. The van der Waals surface area contributed by atoms with Crippen molar-refractivity contribution in [2.75, 3.05) is 5.84 Å².